The van der Waals surface area contributed by atoms with E-state index >= 15 is 0 Å². The Labute approximate surface area is 191 Å². The lowest BCUT2D eigenvalue weighted by Crippen LogP contribution is -2.27. The van der Waals surface area contributed by atoms with Gasteiger partial charge in [-0.2, -0.15) is 0 Å². The van der Waals surface area contributed by atoms with Gasteiger partial charge in [0.05, 0.1) is 19.4 Å². The highest BCUT2D eigenvalue weighted by molar-refractivity contribution is 6.30. The van der Waals surface area contributed by atoms with Crippen molar-refractivity contribution < 1.29 is 13.6 Å². The SMILES string of the molecule is CC(c1ccccc1)N(Cc1cccc(Cl)c1)Cc1nc(C(=O)NCc2ccco2)co1. The molecule has 0 radical (unpaired) electrons. The monoisotopic (exact) mass is 449 g/mol. The van der Waals surface area contributed by atoms with Crippen LogP contribution in [0.5, 0.6) is 0 Å². The van der Waals surface area contributed by atoms with Crippen LogP contribution in [-0.2, 0) is 19.6 Å². The third kappa shape index (κ3) is 5.66. The molecule has 1 N–H and O–H groups in total. The van der Waals surface area contributed by atoms with Gasteiger partial charge in [0.1, 0.15) is 12.0 Å². The first-order chi connectivity index (χ1) is 15.6. The lowest BCUT2D eigenvalue weighted by Gasteiger charge is -2.28. The third-order valence-electron chi connectivity index (χ3n) is 5.23. The van der Waals surface area contributed by atoms with E-state index in [1.807, 2.05) is 42.5 Å². The highest BCUT2D eigenvalue weighted by Gasteiger charge is 2.20. The normalized spacial score (nSPS) is 12.1. The minimum absolute atomic E-state index is 0.0957. The van der Waals surface area contributed by atoms with E-state index in [1.165, 1.54) is 11.8 Å². The molecule has 6 nitrogen and oxygen atoms in total. The van der Waals surface area contributed by atoms with Crippen molar-refractivity contribution in [2.45, 2.75) is 32.6 Å². The second-order valence-corrected chi connectivity index (χ2v) is 7.95. The highest BCUT2D eigenvalue weighted by atomic mass is 35.5. The van der Waals surface area contributed by atoms with Gasteiger partial charge in [0.15, 0.2) is 5.69 Å². The van der Waals surface area contributed by atoms with Crippen LogP contribution in [0.2, 0.25) is 5.02 Å². The summed E-state index contributed by atoms with van der Waals surface area (Å²) in [5, 5.41) is 3.48. The van der Waals surface area contributed by atoms with E-state index in [9.17, 15) is 4.79 Å². The Balaban J connectivity index is 1.48. The van der Waals surface area contributed by atoms with Crippen molar-refractivity contribution in [1.29, 1.82) is 0 Å². The summed E-state index contributed by atoms with van der Waals surface area (Å²) in [6.07, 6.45) is 2.95. The number of nitrogens with zero attached hydrogens (tertiary/aromatic N) is 2. The summed E-state index contributed by atoms with van der Waals surface area (Å²) in [6.45, 7) is 3.52. The summed E-state index contributed by atoms with van der Waals surface area (Å²) in [5.74, 6) is 0.832. The molecule has 2 aromatic heterocycles. The Bertz CT molecular complexity index is 1140. The van der Waals surface area contributed by atoms with Gasteiger partial charge in [0.25, 0.3) is 5.91 Å². The number of benzene rings is 2. The number of hydrogen-bond donors (Lipinski definition) is 1. The third-order valence-corrected chi connectivity index (χ3v) is 5.47. The zero-order chi connectivity index (χ0) is 22.3. The molecule has 0 saturated carbocycles. The number of rotatable bonds is 9. The van der Waals surface area contributed by atoms with Crippen LogP contribution in [0.3, 0.4) is 0 Å². The molecule has 0 saturated heterocycles. The first-order valence-electron chi connectivity index (χ1n) is 10.4. The van der Waals surface area contributed by atoms with E-state index in [0.29, 0.717) is 36.3 Å². The zero-order valence-corrected chi connectivity index (χ0v) is 18.5. The summed E-state index contributed by atoms with van der Waals surface area (Å²) >= 11 is 6.19. The second kappa shape index (κ2) is 10.3. The molecule has 7 heteroatoms. The van der Waals surface area contributed by atoms with Crippen molar-refractivity contribution in [3.8, 4) is 0 Å². The predicted molar refractivity (Wildman–Crippen MR) is 122 cm³/mol. The molecule has 0 bridgehead atoms. The van der Waals surface area contributed by atoms with E-state index in [4.69, 9.17) is 20.4 Å². The number of carbonyl (C=O) groups excluding carboxylic acids is 1. The Morgan fingerprint density at radius 1 is 1.06 bits per heavy atom. The Kier molecular flexibility index (Phi) is 7.04. The second-order valence-electron chi connectivity index (χ2n) is 7.51. The molecule has 2 aromatic carbocycles. The fourth-order valence-corrected chi connectivity index (χ4v) is 3.69. The number of amides is 1. The summed E-state index contributed by atoms with van der Waals surface area (Å²) in [6, 6.07) is 21.7. The molecule has 0 aliphatic rings. The molecular weight excluding hydrogens is 426 g/mol. The van der Waals surface area contributed by atoms with Crippen molar-refractivity contribution in [3.63, 3.8) is 0 Å². The molecule has 1 atom stereocenters. The van der Waals surface area contributed by atoms with Crippen molar-refractivity contribution in [2.75, 3.05) is 0 Å². The van der Waals surface area contributed by atoms with Crippen LogP contribution < -0.4 is 5.32 Å². The molecule has 0 aliphatic heterocycles. The zero-order valence-electron chi connectivity index (χ0n) is 17.7. The van der Waals surface area contributed by atoms with Crippen LogP contribution in [0.15, 0.2) is 88.1 Å². The van der Waals surface area contributed by atoms with Gasteiger partial charge in [-0.15, -0.1) is 0 Å². The van der Waals surface area contributed by atoms with Crippen LogP contribution in [-0.4, -0.2) is 15.8 Å². The number of oxazole rings is 1. The summed E-state index contributed by atoms with van der Waals surface area (Å²) in [7, 11) is 0. The van der Waals surface area contributed by atoms with E-state index in [1.54, 1.807) is 18.4 Å². The van der Waals surface area contributed by atoms with E-state index in [2.05, 4.69) is 34.3 Å². The summed E-state index contributed by atoms with van der Waals surface area (Å²) in [4.78, 5) is 19.1. The number of hydrogen-bond acceptors (Lipinski definition) is 5. The van der Waals surface area contributed by atoms with Gasteiger partial charge >= 0.3 is 0 Å². The Morgan fingerprint density at radius 2 is 1.91 bits per heavy atom. The van der Waals surface area contributed by atoms with Gasteiger partial charge < -0.3 is 14.2 Å². The van der Waals surface area contributed by atoms with Gasteiger partial charge in [0, 0.05) is 17.6 Å². The molecule has 4 aromatic rings. The largest absolute Gasteiger partial charge is 0.467 e. The number of carbonyl (C=O) groups is 1. The highest BCUT2D eigenvalue weighted by Crippen LogP contribution is 2.25. The minimum atomic E-state index is -0.311. The van der Waals surface area contributed by atoms with Crippen molar-refractivity contribution >= 4 is 17.5 Å². The van der Waals surface area contributed by atoms with Gasteiger partial charge in [-0.1, -0.05) is 54.1 Å². The van der Waals surface area contributed by atoms with Crippen LogP contribution in [0.4, 0.5) is 0 Å². The molecule has 0 fully saturated rings. The van der Waals surface area contributed by atoms with E-state index < -0.39 is 0 Å². The molecule has 1 amide bonds. The smallest absolute Gasteiger partial charge is 0.273 e. The molecule has 1 unspecified atom stereocenters. The number of nitrogens with one attached hydrogen (secondary N) is 1. The fraction of sp³-hybridized carbons (Fsp3) is 0.200. The predicted octanol–water partition coefficient (Wildman–Crippen LogP) is 5.61. The van der Waals surface area contributed by atoms with Gasteiger partial charge in [-0.25, -0.2) is 4.98 Å². The Hall–Kier alpha value is -3.35. The van der Waals surface area contributed by atoms with Crippen LogP contribution >= 0.6 is 11.6 Å². The average Bonchev–Trinajstić information content (AvgIpc) is 3.49. The topological polar surface area (TPSA) is 71.5 Å². The van der Waals surface area contributed by atoms with Gasteiger partial charge in [-0.3, -0.25) is 9.69 Å². The molecular formula is C25H24ClN3O3. The van der Waals surface area contributed by atoms with Crippen LogP contribution in [0.1, 0.15) is 46.2 Å². The maximum Gasteiger partial charge on any atom is 0.273 e. The first-order valence-corrected chi connectivity index (χ1v) is 10.7. The maximum absolute atomic E-state index is 12.4. The molecule has 32 heavy (non-hydrogen) atoms. The lowest BCUT2D eigenvalue weighted by molar-refractivity contribution is 0.0943. The summed E-state index contributed by atoms with van der Waals surface area (Å²) < 4.78 is 10.9. The van der Waals surface area contributed by atoms with Crippen molar-refractivity contribution in [2.24, 2.45) is 0 Å². The number of aromatic nitrogens is 1. The van der Waals surface area contributed by atoms with E-state index in [0.717, 1.165) is 5.56 Å². The molecule has 4 rings (SSSR count). The van der Waals surface area contributed by atoms with Crippen LogP contribution in [0, 0.1) is 0 Å². The molecule has 0 aliphatic carbocycles. The van der Waals surface area contributed by atoms with Crippen molar-refractivity contribution in [3.05, 3.63) is 113 Å². The average molecular weight is 450 g/mol. The number of halogens is 1. The van der Waals surface area contributed by atoms with E-state index in [-0.39, 0.29) is 17.6 Å². The lowest BCUT2D eigenvalue weighted by atomic mass is 10.1. The van der Waals surface area contributed by atoms with Crippen LogP contribution in [0.25, 0.3) is 0 Å². The van der Waals surface area contributed by atoms with Gasteiger partial charge in [-0.05, 0) is 42.3 Å². The Morgan fingerprint density at radius 3 is 2.66 bits per heavy atom. The maximum atomic E-state index is 12.4. The standard InChI is InChI=1S/C25H24ClN3O3/c1-18(20-8-3-2-4-9-20)29(15-19-7-5-10-21(26)13-19)16-24-28-23(17-32-24)25(30)27-14-22-11-6-12-31-22/h2-13,17-18H,14-16H2,1H3,(H,27,30). The molecule has 164 valence electrons. The first kappa shape index (κ1) is 21.9. The quantitative estimate of drug-likeness (QED) is 0.359. The van der Waals surface area contributed by atoms with Gasteiger partial charge in [0.2, 0.25) is 5.89 Å². The molecule has 0 spiro atoms. The van der Waals surface area contributed by atoms with Crippen molar-refractivity contribution in [1.82, 2.24) is 15.2 Å². The molecule has 2 heterocycles. The minimum Gasteiger partial charge on any atom is -0.467 e. The number of furan rings is 1. The fourth-order valence-electron chi connectivity index (χ4n) is 3.47. The summed E-state index contributed by atoms with van der Waals surface area (Å²) in [5.41, 5.74) is 2.50.